The standard InChI is InChI=1S/C26H25BrF2N2O5/c1-3-35-24(33)18-13-31(15(2)12-27)22-17(23(18)32)11-19(28)20(21(22)29)26(9-10-26)30-25(34)36-14-16-7-5-4-6-8-16/h4-8,11,13,15H,3,9-10,12,14H2,1-2H3,(H,30,34). The van der Waals surface area contributed by atoms with Gasteiger partial charge < -0.3 is 19.4 Å². The predicted molar refractivity (Wildman–Crippen MR) is 133 cm³/mol. The highest BCUT2D eigenvalue weighted by Crippen LogP contribution is 2.48. The van der Waals surface area contributed by atoms with Crippen LogP contribution in [0.4, 0.5) is 13.6 Å². The number of carbonyl (C=O) groups excluding carboxylic acids is 2. The number of aromatic nitrogens is 1. The summed E-state index contributed by atoms with van der Waals surface area (Å²) < 4.78 is 43.1. The molecule has 1 aromatic heterocycles. The number of halogens is 3. The summed E-state index contributed by atoms with van der Waals surface area (Å²) in [7, 11) is 0. The maximum Gasteiger partial charge on any atom is 0.408 e. The van der Waals surface area contributed by atoms with Crippen LogP contribution in [0.2, 0.25) is 0 Å². The molecular weight excluding hydrogens is 538 g/mol. The van der Waals surface area contributed by atoms with Crippen LogP contribution in [0.5, 0.6) is 0 Å². The Labute approximate surface area is 214 Å². The fraction of sp³-hybridized carbons (Fsp3) is 0.346. The Morgan fingerprint density at radius 2 is 1.89 bits per heavy atom. The lowest BCUT2D eigenvalue weighted by Crippen LogP contribution is -2.37. The minimum atomic E-state index is -1.30. The van der Waals surface area contributed by atoms with Crippen LogP contribution in [-0.4, -0.2) is 28.6 Å². The summed E-state index contributed by atoms with van der Waals surface area (Å²) in [4.78, 5) is 37.9. The molecule has 1 unspecified atom stereocenters. The molecule has 36 heavy (non-hydrogen) atoms. The normalized spacial score (nSPS) is 14.8. The molecule has 1 aliphatic carbocycles. The van der Waals surface area contributed by atoms with Crippen LogP contribution in [0.3, 0.4) is 0 Å². The molecule has 0 aliphatic heterocycles. The van der Waals surface area contributed by atoms with Gasteiger partial charge in [-0.1, -0.05) is 46.3 Å². The lowest BCUT2D eigenvalue weighted by molar-refractivity contribution is 0.0524. The van der Waals surface area contributed by atoms with Crippen LogP contribution in [0.15, 0.2) is 47.4 Å². The highest BCUT2D eigenvalue weighted by molar-refractivity contribution is 9.09. The smallest absolute Gasteiger partial charge is 0.408 e. The molecule has 190 valence electrons. The van der Waals surface area contributed by atoms with E-state index in [9.17, 15) is 14.4 Å². The van der Waals surface area contributed by atoms with Gasteiger partial charge in [0, 0.05) is 17.6 Å². The van der Waals surface area contributed by atoms with Crippen LogP contribution in [-0.2, 0) is 21.6 Å². The molecule has 1 atom stereocenters. The maximum atomic E-state index is 16.1. The van der Waals surface area contributed by atoms with Gasteiger partial charge >= 0.3 is 12.1 Å². The Bertz CT molecular complexity index is 1370. The Morgan fingerprint density at radius 3 is 2.50 bits per heavy atom. The molecule has 0 radical (unpaired) electrons. The second kappa shape index (κ2) is 10.4. The van der Waals surface area contributed by atoms with E-state index in [1.807, 2.05) is 6.07 Å². The van der Waals surface area contributed by atoms with E-state index in [0.29, 0.717) is 18.2 Å². The van der Waals surface area contributed by atoms with Crippen LogP contribution in [0.25, 0.3) is 10.9 Å². The van der Waals surface area contributed by atoms with E-state index in [1.54, 1.807) is 38.1 Å². The van der Waals surface area contributed by atoms with E-state index in [1.165, 1.54) is 10.8 Å². The number of benzene rings is 2. The van der Waals surface area contributed by atoms with E-state index in [2.05, 4.69) is 21.2 Å². The van der Waals surface area contributed by atoms with Crippen molar-refractivity contribution < 1.29 is 27.8 Å². The molecule has 1 fully saturated rings. The number of fused-ring (bicyclic) bond motifs is 1. The third-order valence-electron chi connectivity index (χ3n) is 6.18. The number of nitrogens with zero attached hydrogens (tertiary/aromatic N) is 1. The number of nitrogens with one attached hydrogen (secondary N) is 1. The van der Waals surface area contributed by atoms with E-state index in [4.69, 9.17) is 9.47 Å². The number of esters is 1. The first-order chi connectivity index (χ1) is 17.2. The minimum absolute atomic E-state index is 0.00435. The minimum Gasteiger partial charge on any atom is -0.462 e. The number of ether oxygens (including phenoxy) is 2. The summed E-state index contributed by atoms with van der Waals surface area (Å²) in [5.41, 5.74) is -2.16. The molecule has 1 N–H and O–H groups in total. The number of amides is 1. The number of pyridine rings is 1. The van der Waals surface area contributed by atoms with Crippen molar-refractivity contribution in [3.8, 4) is 0 Å². The fourth-order valence-electron chi connectivity index (χ4n) is 4.17. The zero-order valence-corrected chi connectivity index (χ0v) is 21.4. The molecular formula is C26H25BrF2N2O5. The van der Waals surface area contributed by atoms with Gasteiger partial charge in [0.05, 0.1) is 28.6 Å². The molecule has 1 heterocycles. The average Bonchev–Trinajstić information content (AvgIpc) is 3.63. The highest BCUT2D eigenvalue weighted by Gasteiger charge is 2.50. The van der Waals surface area contributed by atoms with E-state index >= 15 is 8.78 Å². The van der Waals surface area contributed by atoms with Crippen molar-refractivity contribution in [2.75, 3.05) is 11.9 Å². The van der Waals surface area contributed by atoms with Crippen molar-refractivity contribution in [1.82, 2.24) is 9.88 Å². The van der Waals surface area contributed by atoms with Gasteiger partial charge in [-0.15, -0.1) is 0 Å². The lowest BCUT2D eigenvalue weighted by Gasteiger charge is -2.23. The molecule has 1 saturated carbocycles. The Kier molecular flexibility index (Phi) is 7.44. The molecule has 0 saturated heterocycles. The van der Waals surface area contributed by atoms with Crippen molar-refractivity contribution in [1.29, 1.82) is 0 Å². The number of hydrogen-bond acceptors (Lipinski definition) is 5. The number of carbonyl (C=O) groups is 2. The van der Waals surface area contributed by atoms with Gasteiger partial charge in [0.25, 0.3) is 0 Å². The van der Waals surface area contributed by atoms with Gasteiger partial charge in [-0.2, -0.15) is 0 Å². The number of alkyl halides is 1. The lowest BCUT2D eigenvalue weighted by atomic mass is 9.99. The summed E-state index contributed by atoms with van der Waals surface area (Å²) in [5, 5.41) is 2.70. The van der Waals surface area contributed by atoms with Gasteiger partial charge in [-0.25, -0.2) is 18.4 Å². The summed E-state index contributed by atoms with van der Waals surface area (Å²) in [6.45, 7) is 3.39. The van der Waals surface area contributed by atoms with Crippen LogP contribution >= 0.6 is 15.9 Å². The SMILES string of the molecule is CCOC(=O)c1cn(C(C)CBr)c2c(F)c(C3(NC(=O)OCc4ccccc4)CC3)c(F)cc2c1=O. The average molecular weight is 563 g/mol. The van der Waals surface area contributed by atoms with E-state index < -0.39 is 40.7 Å². The summed E-state index contributed by atoms with van der Waals surface area (Å²) in [6, 6.07) is 9.55. The highest BCUT2D eigenvalue weighted by atomic mass is 79.9. The first-order valence-electron chi connectivity index (χ1n) is 11.5. The van der Waals surface area contributed by atoms with Crippen molar-refractivity contribution in [3.05, 3.63) is 81.1 Å². The Hall–Kier alpha value is -3.27. The molecule has 1 amide bonds. The van der Waals surface area contributed by atoms with Gasteiger partial charge in [-0.3, -0.25) is 4.79 Å². The number of hydrogen-bond donors (Lipinski definition) is 1. The molecule has 10 heteroatoms. The first-order valence-corrected chi connectivity index (χ1v) is 12.6. The van der Waals surface area contributed by atoms with E-state index in [-0.39, 0.29) is 35.2 Å². The molecule has 7 nitrogen and oxygen atoms in total. The molecule has 0 spiro atoms. The van der Waals surface area contributed by atoms with Gasteiger partial charge in [-0.05, 0) is 38.3 Å². The fourth-order valence-corrected chi connectivity index (χ4v) is 4.49. The zero-order valence-electron chi connectivity index (χ0n) is 19.8. The molecule has 0 bridgehead atoms. The number of alkyl carbamates (subject to hydrolysis) is 1. The Balaban J connectivity index is 1.76. The molecule has 1 aliphatic rings. The third kappa shape index (κ3) is 4.86. The molecule has 4 rings (SSSR count). The van der Waals surface area contributed by atoms with Crippen molar-refractivity contribution in [2.45, 2.75) is 44.9 Å². The quantitative estimate of drug-likeness (QED) is 0.296. The topological polar surface area (TPSA) is 86.6 Å². The van der Waals surface area contributed by atoms with Crippen LogP contribution in [0.1, 0.15) is 54.2 Å². The maximum absolute atomic E-state index is 16.1. The number of rotatable bonds is 8. The second-order valence-electron chi connectivity index (χ2n) is 8.72. The largest absolute Gasteiger partial charge is 0.462 e. The molecule has 2 aromatic carbocycles. The Morgan fingerprint density at radius 1 is 1.19 bits per heavy atom. The monoisotopic (exact) mass is 562 g/mol. The molecule has 3 aromatic rings. The summed E-state index contributed by atoms with van der Waals surface area (Å²) in [6.07, 6.45) is 1.03. The van der Waals surface area contributed by atoms with E-state index in [0.717, 1.165) is 11.6 Å². The zero-order chi connectivity index (χ0) is 26.0. The first kappa shape index (κ1) is 25.8. The van der Waals surface area contributed by atoms with Gasteiger partial charge in [0.15, 0.2) is 5.82 Å². The van der Waals surface area contributed by atoms with Crippen molar-refractivity contribution in [2.24, 2.45) is 0 Å². The van der Waals surface area contributed by atoms with Crippen molar-refractivity contribution >= 4 is 38.9 Å². The summed E-state index contributed by atoms with van der Waals surface area (Å²) in [5.74, 6) is -2.82. The third-order valence-corrected chi connectivity index (χ3v) is 7.12. The second-order valence-corrected chi connectivity index (χ2v) is 9.36. The van der Waals surface area contributed by atoms with Crippen molar-refractivity contribution in [3.63, 3.8) is 0 Å². The predicted octanol–water partition coefficient (Wildman–Crippen LogP) is 5.33. The van der Waals surface area contributed by atoms with Crippen LogP contribution < -0.4 is 10.7 Å². The van der Waals surface area contributed by atoms with Gasteiger partial charge in [0.1, 0.15) is 18.0 Å². The summed E-state index contributed by atoms with van der Waals surface area (Å²) >= 11 is 3.34. The van der Waals surface area contributed by atoms with Gasteiger partial charge in [0.2, 0.25) is 5.43 Å². The van der Waals surface area contributed by atoms with Crippen LogP contribution in [0, 0.1) is 11.6 Å².